The number of hydrogen-bond donors (Lipinski definition) is 0. The molecule has 0 bridgehead atoms. The largest absolute Gasteiger partial charge is 0.461 e. The van der Waals surface area contributed by atoms with Crippen LogP contribution >= 0.6 is 15.9 Å². The minimum atomic E-state index is -1.71. The lowest BCUT2D eigenvalue weighted by atomic mass is 10.2. The van der Waals surface area contributed by atoms with E-state index in [0.717, 1.165) is 4.48 Å². The number of ether oxygens (including phenoxy) is 1. The van der Waals surface area contributed by atoms with Crippen LogP contribution in [0.3, 0.4) is 0 Å². The molecule has 0 aliphatic carbocycles. The van der Waals surface area contributed by atoms with Crippen LogP contribution in [0.2, 0.25) is 18.1 Å². The summed E-state index contributed by atoms with van der Waals surface area (Å²) in [7, 11) is -1.71. The monoisotopic (exact) mass is 441 g/mol. The Morgan fingerprint density at radius 1 is 1.35 bits per heavy atom. The summed E-state index contributed by atoms with van der Waals surface area (Å²) in [5.74, 6) is -0.165. The molecule has 0 saturated heterocycles. The molecule has 0 aromatic carbocycles. The molecule has 0 atom stereocenters. The number of hydrogen-bond acceptors (Lipinski definition) is 5. The summed E-state index contributed by atoms with van der Waals surface area (Å²) in [5, 5.41) is 0.209. The van der Waals surface area contributed by atoms with E-state index in [1.165, 1.54) is 6.26 Å². The second-order valence-electron chi connectivity index (χ2n) is 7.18. The smallest absolute Gasteiger partial charge is 0.360 e. The average Bonchev–Trinajstić information content (AvgIpc) is 2.98. The van der Waals surface area contributed by atoms with Crippen molar-refractivity contribution in [2.45, 2.75) is 45.8 Å². The maximum absolute atomic E-state index is 11.5. The summed E-state index contributed by atoms with van der Waals surface area (Å²) in [6.45, 7) is 13.8. The average molecular weight is 442 g/mol. The van der Waals surface area contributed by atoms with Crippen molar-refractivity contribution in [3.63, 3.8) is 0 Å². The minimum Gasteiger partial charge on any atom is -0.461 e. The molecule has 0 saturated carbocycles. The number of rotatable bonds is 8. The molecule has 26 heavy (non-hydrogen) atoms. The molecule has 7 heteroatoms. The van der Waals surface area contributed by atoms with Gasteiger partial charge in [0, 0.05) is 10.6 Å². The van der Waals surface area contributed by atoms with E-state index in [2.05, 4.69) is 54.8 Å². The lowest BCUT2D eigenvalue weighted by Gasteiger charge is -2.35. The first-order valence-corrected chi connectivity index (χ1v) is 12.2. The number of oxazole rings is 1. The Morgan fingerprint density at radius 2 is 2.04 bits per heavy atom. The number of carbonyl (C=O) groups excluding carboxylic acids is 1. The summed E-state index contributed by atoms with van der Waals surface area (Å²) in [5.41, 5.74) is 0.157. The van der Waals surface area contributed by atoms with Crippen molar-refractivity contribution in [1.82, 2.24) is 4.98 Å². The van der Waals surface area contributed by atoms with Crippen LogP contribution in [-0.4, -0.2) is 32.5 Å². The van der Waals surface area contributed by atoms with Gasteiger partial charge < -0.3 is 13.6 Å². The fourth-order valence-electron chi connectivity index (χ4n) is 1.57. The van der Waals surface area contributed by atoms with Crippen molar-refractivity contribution < 1.29 is 18.4 Å². The van der Waals surface area contributed by atoms with Gasteiger partial charge in [-0.25, -0.2) is 9.78 Å². The van der Waals surface area contributed by atoms with Crippen LogP contribution in [0.5, 0.6) is 0 Å². The molecule has 0 amide bonds. The Hall–Kier alpha value is -1.44. The van der Waals surface area contributed by atoms with Gasteiger partial charge in [0.1, 0.15) is 6.26 Å². The number of halogens is 1. The van der Waals surface area contributed by atoms with Gasteiger partial charge in [0.2, 0.25) is 5.89 Å². The zero-order valence-electron chi connectivity index (χ0n) is 16.3. The summed E-state index contributed by atoms with van der Waals surface area (Å²) in [6.07, 6.45) is 10.6. The number of nitrogens with zero attached hydrogens (tertiary/aromatic N) is 1. The Morgan fingerprint density at radius 3 is 2.65 bits per heavy atom. The van der Waals surface area contributed by atoms with Crippen LogP contribution in [0.25, 0.3) is 6.08 Å². The van der Waals surface area contributed by atoms with E-state index in [9.17, 15) is 4.79 Å². The van der Waals surface area contributed by atoms with Crippen molar-refractivity contribution in [2.75, 3.05) is 13.2 Å². The Kier molecular flexibility index (Phi) is 8.72. The second kappa shape index (κ2) is 10.0. The van der Waals surface area contributed by atoms with Crippen molar-refractivity contribution in [1.29, 1.82) is 0 Å². The van der Waals surface area contributed by atoms with Crippen molar-refractivity contribution in [3.8, 4) is 0 Å². The quantitative estimate of drug-likeness (QED) is 0.293. The van der Waals surface area contributed by atoms with Gasteiger partial charge in [-0.3, -0.25) is 0 Å². The van der Waals surface area contributed by atoms with E-state index in [1.807, 2.05) is 24.3 Å². The van der Waals surface area contributed by atoms with Crippen LogP contribution in [0.4, 0.5) is 0 Å². The van der Waals surface area contributed by atoms with Gasteiger partial charge in [0.05, 0.1) is 13.2 Å². The number of esters is 1. The topological polar surface area (TPSA) is 61.6 Å². The van der Waals surface area contributed by atoms with Crippen LogP contribution in [-0.2, 0) is 9.16 Å². The summed E-state index contributed by atoms with van der Waals surface area (Å²) in [6, 6.07) is 0. The van der Waals surface area contributed by atoms with E-state index >= 15 is 0 Å². The van der Waals surface area contributed by atoms with Gasteiger partial charge >= 0.3 is 5.97 Å². The lowest BCUT2D eigenvalue weighted by molar-refractivity contribution is 0.0519. The van der Waals surface area contributed by atoms with E-state index in [1.54, 1.807) is 13.0 Å². The molecule has 0 fully saturated rings. The molecule has 0 spiro atoms. The Balaban J connectivity index is 2.53. The van der Waals surface area contributed by atoms with Gasteiger partial charge in [-0.2, -0.15) is 0 Å². The zero-order valence-corrected chi connectivity index (χ0v) is 18.9. The summed E-state index contributed by atoms with van der Waals surface area (Å²) >= 11 is 3.42. The van der Waals surface area contributed by atoms with E-state index in [-0.39, 0.29) is 10.7 Å². The third-order valence-electron chi connectivity index (χ3n) is 4.12. The van der Waals surface area contributed by atoms with Gasteiger partial charge in [0.25, 0.3) is 0 Å². The molecule has 0 aliphatic rings. The van der Waals surface area contributed by atoms with Crippen LogP contribution in [0.1, 0.15) is 44.1 Å². The molecule has 1 aromatic rings. The lowest BCUT2D eigenvalue weighted by Crippen LogP contribution is -2.40. The fourth-order valence-corrected chi connectivity index (χ4v) is 2.87. The van der Waals surface area contributed by atoms with Gasteiger partial charge in [-0.05, 0) is 31.1 Å². The summed E-state index contributed by atoms with van der Waals surface area (Å²) in [4.78, 5) is 15.6. The van der Waals surface area contributed by atoms with E-state index in [4.69, 9.17) is 13.6 Å². The molecule has 1 rings (SSSR count). The highest BCUT2D eigenvalue weighted by molar-refractivity contribution is 9.12. The third-order valence-corrected chi connectivity index (χ3v) is 9.11. The highest BCUT2D eigenvalue weighted by atomic mass is 79.9. The minimum absolute atomic E-state index is 0.157. The van der Waals surface area contributed by atoms with Crippen molar-refractivity contribution >= 4 is 36.3 Å². The molecular weight excluding hydrogens is 414 g/mol. The molecule has 144 valence electrons. The highest BCUT2D eigenvalue weighted by Gasteiger charge is 2.36. The zero-order chi connectivity index (χ0) is 19.8. The molecule has 0 N–H and O–H groups in total. The maximum Gasteiger partial charge on any atom is 0.360 e. The van der Waals surface area contributed by atoms with Gasteiger partial charge in [-0.15, -0.1) is 0 Å². The molecular formula is C19H28BrNO4Si. The highest BCUT2D eigenvalue weighted by Crippen LogP contribution is 2.36. The molecule has 1 heterocycles. The molecule has 0 unspecified atom stereocenters. The molecule has 5 nitrogen and oxygen atoms in total. The van der Waals surface area contributed by atoms with Crippen molar-refractivity contribution in [2.24, 2.45) is 0 Å². The number of carbonyl (C=O) groups is 1. The van der Waals surface area contributed by atoms with E-state index < -0.39 is 14.3 Å². The van der Waals surface area contributed by atoms with Gasteiger partial charge in [0.15, 0.2) is 14.0 Å². The third kappa shape index (κ3) is 7.43. The molecule has 0 aliphatic heterocycles. The number of allylic oxidation sites excluding steroid dienone is 4. The second-order valence-corrected chi connectivity index (χ2v) is 12.9. The standard InChI is InChI=1S/C19H28BrNO4Si/c1-7-23-18(22)16-14-24-17(21-16)13-15(20)11-9-8-10-12-25-26(5,6)19(2,3)4/h8-11,13-14H,7,12H2,1-6H3/b10-8-,11-9+,15-13-. The van der Waals surface area contributed by atoms with E-state index in [0.29, 0.717) is 19.1 Å². The van der Waals surface area contributed by atoms with Crippen LogP contribution < -0.4 is 0 Å². The van der Waals surface area contributed by atoms with Crippen molar-refractivity contribution in [3.05, 3.63) is 46.6 Å². The Labute approximate surface area is 165 Å². The normalized spacial score (nSPS) is 13.7. The Bertz CT molecular complexity index is 684. The molecule has 1 aromatic heterocycles. The first-order chi connectivity index (χ1) is 12.1. The molecule has 0 radical (unpaired) electrons. The van der Waals surface area contributed by atoms with Gasteiger partial charge in [-0.1, -0.05) is 54.9 Å². The summed E-state index contributed by atoms with van der Waals surface area (Å²) < 4.78 is 16.9. The SMILES string of the molecule is CCOC(=O)c1coc(/C=C(Br)/C=C/C=C\CO[Si](C)(C)C(C)(C)C)n1. The number of aromatic nitrogens is 1. The first kappa shape index (κ1) is 22.6. The van der Waals surface area contributed by atoms with Crippen LogP contribution in [0, 0.1) is 0 Å². The predicted molar refractivity (Wildman–Crippen MR) is 111 cm³/mol. The van der Waals surface area contributed by atoms with Crippen LogP contribution in [0.15, 0.2) is 39.5 Å². The maximum atomic E-state index is 11.5. The predicted octanol–water partition coefficient (Wildman–Crippen LogP) is 5.72. The fraction of sp³-hybridized carbons (Fsp3) is 0.474. The first-order valence-electron chi connectivity index (χ1n) is 8.54.